The Kier molecular flexibility index (Phi) is 4.70. The number of sulfonamides is 1. The van der Waals surface area contributed by atoms with Gasteiger partial charge < -0.3 is 5.11 Å². The van der Waals surface area contributed by atoms with Crippen LogP contribution < -0.4 is 4.72 Å². The van der Waals surface area contributed by atoms with Gasteiger partial charge in [-0.05, 0) is 19.8 Å². The van der Waals surface area contributed by atoms with E-state index in [0.29, 0.717) is 18.5 Å². The van der Waals surface area contributed by atoms with Crippen molar-refractivity contribution < 1.29 is 18.3 Å². The minimum atomic E-state index is -3.74. The number of aliphatic carboxylic acids is 1. The third-order valence-corrected chi connectivity index (χ3v) is 5.00. The van der Waals surface area contributed by atoms with Crippen LogP contribution >= 0.6 is 0 Å². The van der Waals surface area contributed by atoms with Crippen LogP contribution in [0.5, 0.6) is 0 Å². The molecule has 0 radical (unpaired) electrons. The van der Waals surface area contributed by atoms with Crippen LogP contribution in [0.3, 0.4) is 0 Å². The second-order valence-electron chi connectivity index (χ2n) is 4.48. The minimum Gasteiger partial charge on any atom is -0.481 e. The topological polar surface area (TPSA) is 112 Å². The Morgan fingerprint density at radius 3 is 2.42 bits per heavy atom. The molecule has 0 atom stereocenters. The lowest BCUT2D eigenvalue weighted by Crippen LogP contribution is -2.42. The van der Waals surface area contributed by atoms with Crippen LogP contribution in [0.2, 0.25) is 0 Å². The summed E-state index contributed by atoms with van der Waals surface area (Å²) in [5.74, 6) is -0.996. The maximum atomic E-state index is 12.1. The van der Waals surface area contributed by atoms with Crippen LogP contribution in [0.25, 0.3) is 0 Å². The van der Waals surface area contributed by atoms with Gasteiger partial charge in [0.2, 0.25) is 10.0 Å². The van der Waals surface area contributed by atoms with Gasteiger partial charge in [0.25, 0.3) is 0 Å². The number of aromatic nitrogens is 2. The van der Waals surface area contributed by atoms with Crippen molar-refractivity contribution in [1.82, 2.24) is 14.9 Å². The number of H-pyrrole nitrogens is 1. The van der Waals surface area contributed by atoms with Crippen molar-refractivity contribution in [3.63, 3.8) is 0 Å². The summed E-state index contributed by atoms with van der Waals surface area (Å²) in [6, 6.07) is 0. The van der Waals surface area contributed by atoms with Crippen LogP contribution in [-0.2, 0) is 14.8 Å². The molecule has 7 nitrogen and oxygen atoms in total. The Balaban J connectivity index is 2.92. The Hall–Kier alpha value is -1.41. The van der Waals surface area contributed by atoms with Crippen LogP contribution in [0.15, 0.2) is 11.1 Å². The van der Waals surface area contributed by atoms with Gasteiger partial charge in [0, 0.05) is 6.54 Å². The Bertz CT molecular complexity index is 546. The zero-order valence-corrected chi connectivity index (χ0v) is 12.0. The molecule has 8 heteroatoms. The van der Waals surface area contributed by atoms with Crippen molar-refractivity contribution in [3.8, 4) is 0 Å². The van der Waals surface area contributed by atoms with Crippen molar-refractivity contribution in [3.05, 3.63) is 11.9 Å². The molecule has 1 heterocycles. The summed E-state index contributed by atoms with van der Waals surface area (Å²) in [6.45, 7) is 4.91. The van der Waals surface area contributed by atoms with E-state index in [1.165, 1.54) is 6.20 Å². The molecular formula is C11H19N3O4S. The summed E-state index contributed by atoms with van der Waals surface area (Å²) >= 11 is 0. The van der Waals surface area contributed by atoms with Gasteiger partial charge in [0.1, 0.15) is 4.90 Å². The summed E-state index contributed by atoms with van der Waals surface area (Å²) in [5, 5.41) is 15.4. The summed E-state index contributed by atoms with van der Waals surface area (Å²) in [6.07, 6.45) is 1.91. The van der Waals surface area contributed by atoms with Crippen LogP contribution in [-0.4, -0.2) is 36.2 Å². The van der Waals surface area contributed by atoms with E-state index in [2.05, 4.69) is 14.9 Å². The SMILES string of the molecule is CCC(CC)(CNS(=O)(=O)c1cn[nH]c1C)C(=O)O. The third-order valence-electron chi connectivity index (χ3n) is 3.48. The highest BCUT2D eigenvalue weighted by molar-refractivity contribution is 7.89. The van der Waals surface area contributed by atoms with Gasteiger partial charge in [0.15, 0.2) is 0 Å². The van der Waals surface area contributed by atoms with E-state index in [4.69, 9.17) is 0 Å². The molecular weight excluding hydrogens is 270 g/mol. The minimum absolute atomic E-state index is 0.0407. The first kappa shape index (κ1) is 15.6. The summed E-state index contributed by atoms with van der Waals surface area (Å²) in [5.41, 5.74) is -0.661. The highest BCUT2D eigenvalue weighted by Crippen LogP contribution is 2.26. The molecule has 1 aromatic rings. The standard InChI is InChI=1S/C11H19N3O4S/c1-4-11(5-2,10(15)16)7-13-19(17,18)9-6-12-14-8(9)3/h6,13H,4-5,7H2,1-3H3,(H,12,14)(H,15,16). The van der Waals surface area contributed by atoms with Crippen molar-refractivity contribution in [1.29, 1.82) is 0 Å². The number of hydrogen-bond donors (Lipinski definition) is 3. The molecule has 0 spiro atoms. The van der Waals surface area contributed by atoms with Gasteiger partial charge in [-0.2, -0.15) is 5.10 Å². The lowest BCUT2D eigenvalue weighted by Gasteiger charge is -2.26. The maximum Gasteiger partial charge on any atom is 0.310 e. The number of aryl methyl sites for hydroxylation is 1. The number of carboxylic acid groups (broad SMARTS) is 1. The first-order valence-corrected chi connectivity index (χ1v) is 7.50. The summed E-state index contributed by atoms with van der Waals surface area (Å²) < 4.78 is 26.5. The van der Waals surface area contributed by atoms with E-state index in [-0.39, 0.29) is 11.4 Å². The highest BCUT2D eigenvalue weighted by Gasteiger charge is 2.36. The molecule has 3 N–H and O–H groups in total. The predicted molar refractivity (Wildman–Crippen MR) is 69.2 cm³/mol. The van der Waals surface area contributed by atoms with Crippen LogP contribution in [0.1, 0.15) is 32.4 Å². The van der Waals surface area contributed by atoms with E-state index >= 15 is 0 Å². The number of nitrogens with one attached hydrogen (secondary N) is 2. The molecule has 19 heavy (non-hydrogen) atoms. The van der Waals surface area contributed by atoms with E-state index in [0.717, 1.165) is 0 Å². The molecule has 0 aliphatic rings. The van der Waals surface area contributed by atoms with E-state index in [9.17, 15) is 18.3 Å². The van der Waals surface area contributed by atoms with Gasteiger partial charge in [-0.3, -0.25) is 9.89 Å². The lowest BCUT2D eigenvalue weighted by molar-refractivity contribution is -0.149. The average Bonchev–Trinajstić information content (AvgIpc) is 2.78. The fourth-order valence-electron chi connectivity index (χ4n) is 1.80. The third kappa shape index (κ3) is 3.13. The molecule has 0 bridgehead atoms. The number of carbonyl (C=O) groups is 1. The Morgan fingerprint density at radius 2 is 2.05 bits per heavy atom. The molecule has 0 amide bonds. The van der Waals surface area contributed by atoms with Gasteiger partial charge in [-0.1, -0.05) is 13.8 Å². The first-order valence-electron chi connectivity index (χ1n) is 6.02. The van der Waals surface area contributed by atoms with Crippen molar-refractivity contribution >= 4 is 16.0 Å². The molecule has 1 rings (SSSR count). The molecule has 0 aromatic carbocycles. The van der Waals surface area contributed by atoms with E-state index < -0.39 is 21.4 Å². The fraction of sp³-hybridized carbons (Fsp3) is 0.636. The average molecular weight is 289 g/mol. The largest absolute Gasteiger partial charge is 0.481 e. The number of rotatable bonds is 7. The number of nitrogens with zero attached hydrogens (tertiary/aromatic N) is 1. The van der Waals surface area contributed by atoms with Crippen LogP contribution in [0.4, 0.5) is 0 Å². The molecule has 1 aromatic heterocycles. The zero-order chi connectivity index (χ0) is 14.7. The second-order valence-corrected chi connectivity index (χ2v) is 6.21. The molecule has 0 unspecified atom stereocenters. The maximum absolute atomic E-state index is 12.1. The number of aromatic amines is 1. The zero-order valence-electron chi connectivity index (χ0n) is 11.2. The van der Waals surface area contributed by atoms with Crippen molar-refractivity contribution in [2.75, 3.05) is 6.54 Å². The van der Waals surface area contributed by atoms with Gasteiger partial charge in [-0.15, -0.1) is 0 Å². The van der Waals surface area contributed by atoms with Crippen molar-refractivity contribution in [2.45, 2.75) is 38.5 Å². The molecule has 0 fully saturated rings. The fourth-order valence-corrected chi connectivity index (χ4v) is 3.06. The number of carboxylic acids is 1. The Labute approximate surface area is 112 Å². The van der Waals surface area contributed by atoms with Gasteiger partial charge >= 0.3 is 5.97 Å². The summed E-state index contributed by atoms with van der Waals surface area (Å²) in [4.78, 5) is 11.3. The number of hydrogen-bond acceptors (Lipinski definition) is 4. The van der Waals surface area contributed by atoms with Gasteiger partial charge in [0.05, 0.1) is 17.3 Å². The molecule has 0 saturated carbocycles. The second kappa shape index (κ2) is 5.70. The Morgan fingerprint density at radius 1 is 1.47 bits per heavy atom. The highest BCUT2D eigenvalue weighted by atomic mass is 32.2. The molecule has 0 saturated heterocycles. The van der Waals surface area contributed by atoms with Crippen LogP contribution in [0, 0.1) is 12.3 Å². The predicted octanol–water partition coefficient (Wildman–Crippen LogP) is 0.887. The summed E-state index contributed by atoms with van der Waals surface area (Å²) in [7, 11) is -3.74. The normalized spacial score (nSPS) is 12.6. The smallest absolute Gasteiger partial charge is 0.310 e. The first-order chi connectivity index (χ1) is 8.79. The van der Waals surface area contributed by atoms with E-state index in [1.54, 1.807) is 20.8 Å². The molecule has 108 valence electrons. The van der Waals surface area contributed by atoms with Gasteiger partial charge in [-0.25, -0.2) is 13.1 Å². The quantitative estimate of drug-likeness (QED) is 0.690. The monoisotopic (exact) mass is 289 g/mol. The van der Waals surface area contributed by atoms with E-state index in [1.807, 2.05) is 0 Å². The van der Waals surface area contributed by atoms with Crippen molar-refractivity contribution in [2.24, 2.45) is 5.41 Å². The molecule has 0 aliphatic heterocycles. The lowest BCUT2D eigenvalue weighted by atomic mass is 9.83. The molecule has 0 aliphatic carbocycles.